The quantitative estimate of drug-likeness (QED) is 0.813. The van der Waals surface area contributed by atoms with E-state index >= 15 is 0 Å². The minimum Gasteiger partial charge on any atom is -0.465 e. The van der Waals surface area contributed by atoms with Crippen LogP contribution in [0.15, 0.2) is 24.3 Å². The van der Waals surface area contributed by atoms with Crippen LogP contribution in [0.1, 0.15) is 36.5 Å². The smallest absolute Gasteiger partial charge is 0.337 e. The van der Waals surface area contributed by atoms with Gasteiger partial charge in [0.05, 0.1) is 12.7 Å². The van der Waals surface area contributed by atoms with Crippen LogP contribution in [0.2, 0.25) is 0 Å². The zero-order valence-corrected chi connectivity index (χ0v) is 12.8. The Morgan fingerprint density at radius 2 is 2.05 bits per heavy atom. The number of carbonyl (C=O) groups excluding carboxylic acids is 3. The van der Waals surface area contributed by atoms with Crippen LogP contribution in [0.5, 0.6) is 0 Å². The molecule has 1 N–H and O–H groups in total. The predicted octanol–water partition coefficient (Wildman–Crippen LogP) is 1.81. The number of hydrogen-bond acceptors (Lipinski definition) is 4. The summed E-state index contributed by atoms with van der Waals surface area (Å²) in [6.45, 7) is 1.94. The zero-order chi connectivity index (χ0) is 16.1. The first-order chi connectivity index (χ1) is 10.5. The van der Waals surface area contributed by atoms with Crippen molar-refractivity contribution in [3.05, 3.63) is 29.8 Å². The molecule has 118 valence electrons. The maximum absolute atomic E-state index is 12.0. The van der Waals surface area contributed by atoms with Gasteiger partial charge in [0.1, 0.15) is 0 Å². The lowest BCUT2D eigenvalue weighted by molar-refractivity contribution is -0.129. The van der Waals surface area contributed by atoms with Gasteiger partial charge in [-0.1, -0.05) is 6.07 Å². The van der Waals surface area contributed by atoms with Gasteiger partial charge in [-0.15, -0.1) is 0 Å². The first kappa shape index (κ1) is 16.0. The zero-order valence-electron chi connectivity index (χ0n) is 12.8. The van der Waals surface area contributed by atoms with Gasteiger partial charge in [-0.2, -0.15) is 0 Å². The molecule has 0 aromatic heterocycles. The van der Waals surface area contributed by atoms with Gasteiger partial charge in [0.2, 0.25) is 11.8 Å². The Hall–Kier alpha value is -2.37. The fraction of sp³-hybridized carbons (Fsp3) is 0.438. The molecule has 0 radical (unpaired) electrons. The van der Waals surface area contributed by atoms with E-state index in [1.165, 1.54) is 14.0 Å². The van der Waals surface area contributed by atoms with Crippen molar-refractivity contribution in [2.24, 2.45) is 0 Å². The Morgan fingerprint density at radius 3 is 2.64 bits per heavy atom. The normalized spacial score (nSPS) is 13.4. The molecule has 0 saturated heterocycles. The van der Waals surface area contributed by atoms with E-state index in [9.17, 15) is 14.4 Å². The standard InChI is InChI=1S/C16H20N2O4/c1-11(19)18(14-6-7-14)9-8-15(20)17-13-5-3-4-12(10-13)16(21)22-2/h3-5,10,14H,6-9H2,1-2H3,(H,17,20). The topological polar surface area (TPSA) is 75.7 Å². The molecule has 2 amide bonds. The number of methoxy groups -OCH3 is 1. The molecule has 0 aliphatic heterocycles. The van der Waals surface area contributed by atoms with Gasteiger partial charge in [-0.25, -0.2) is 4.79 Å². The lowest BCUT2D eigenvalue weighted by Gasteiger charge is -2.20. The summed E-state index contributed by atoms with van der Waals surface area (Å²) < 4.78 is 4.64. The molecule has 1 aromatic carbocycles. The van der Waals surface area contributed by atoms with E-state index < -0.39 is 5.97 Å². The van der Waals surface area contributed by atoms with Crippen molar-refractivity contribution in [1.29, 1.82) is 0 Å². The first-order valence-corrected chi connectivity index (χ1v) is 7.26. The second kappa shape index (κ2) is 7.06. The number of hydrogen-bond donors (Lipinski definition) is 1. The molecular weight excluding hydrogens is 284 g/mol. The highest BCUT2D eigenvalue weighted by atomic mass is 16.5. The van der Waals surface area contributed by atoms with Gasteiger partial charge in [0.15, 0.2) is 0 Å². The van der Waals surface area contributed by atoms with Gasteiger partial charge in [-0.3, -0.25) is 9.59 Å². The number of esters is 1. The molecule has 0 atom stereocenters. The highest BCUT2D eigenvalue weighted by Crippen LogP contribution is 2.26. The molecule has 6 nitrogen and oxygen atoms in total. The summed E-state index contributed by atoms with van der Waals surface area (Å²) >= 11 is 0. The molecule has 1 aliphatic carbocycles. The van der Waals surface area contributed by atoms with Crippen LogP contribution in [0.25, 0.3) is 0 Å². The number of benzene rings is 1. The average molecular weight is 304 g/mol. The van der Waals surface area contributed by atoms with Crippen molar-refractivity contribution >= 4 is 23.5 Å². The van der Waals surface area contributed by atoms with Crippen LogP contribution in [0, 0.1) is 0 Å². The van der Waals surface area contributed by atoms with Gasteiger partial charge in [-0.05, 0) is 31.0 Å². The van der Waals surface area contributed by atoms with Gasteiger partial charge in [0, 0.05) is 31.6 Å². The van der Waals surface area contributed by atoms with Gasteiger partial charge in [0.25, 0.3) is 0 Å². The first-order valence-electron chi connectivity index (χ1n) is 7.26. The molecule has 0 unspecified atom stereocenters. The third-order valence-electron chi connectivity index (χ3n) is 3.54. The molecular formula is C16H20N2O4. The number of anilines is 1. The molecule has 1 aromatic rings. The fourth-order valence-corrected chi connectivity index (χ4v) is 2.27. The van der Waals surface area contributed by atoms with Crippen LogP contribution < -0.4 is 5.32 Å². The number of nitrogens with zero attached hydrogens (tertiary/aromatic N) is 1. The van der Waals surface area contributed by atoms with Crippen LogP contribution in [-0.4, -0.2) is 42.4 Å². The molecule has 6 heteroatoms. The number of ether oxygens (including phenoxy) is 1. The minimum absolute atomic E-state index is 0.00277. The van der Waals surface area contributed by atoms with Crippen LogP contribution in [0.3, 0.4) is 0 Å². The third kappa shape index (κ3) is 4.31. The fourth-order valence-electron chi connectivity index (χ4n) is 2.27. The Morgan fingerprint density at radius 1 is 1.32 bits per heavy atom. The van der Waals surface area contributed by atoms with Gasteiger partial charge >= 0.3 is 5.97 Å². The van der Waals surface area contributed by atoms with Crippen LogP contribution in [-0.2, 0) is 14.3 Å². The molecule has 22 heavy (non-hydrogen) atoms. The third-order valence-corrected chi connectivity index (χ3v) is 3.54. The number of carbonyl (C=O) groups is 3. The Kier molecular flexibility index (Phi) is 5.14. The predicted molar refractivity (Wildman–Crippen MR) is 81.4 cm³/mol. The van der Waals surface area contributed by atoms with E-state index in [4.69, 9.17) is 0 Å². The second-order valence-corrected chi connectivity index (χ2v) is 5.31. The number of nitrogens with one attached hydrogen (secondary N) is 1. The Labute approximate surface area is 129 Å². The number of rotatable bonds is 6. The van der Waals surface area contributed by atoms with E-state index in [0.29, 0.717) is 23.8 Å². The largest absolute Gasteiger partial charge is 0.465 e. The van der Waals surface area contributed by atoms with Crippen molar-refractivity contribution < 1.29 is 19.1 Å². The van der Waals surface area contributed by atoms with Crippen LogP contribution in [0.4, 0.5) is 5.69 Å². The summed E-state index contributed by atoms with van der Waals surface area (Å²) in [6, 6.07) is 6.86. The maximum Gasteiger partial charge on any atom is 0.337 e. The van der Waals surface area contributed by atoms with Crippen molar-refractivity contribution in [2.45, 2.75) is 32.2 Å². The summed E-state index contributed by atoms with van der Waals surface area (Å²) in [4.78, 5) is 36.6. The maximum atomic E-state index is 12.0. The van der Waals surface area contributed by atoms with E-state index in [2.05, 4.69) is 10.1 Å². The second-order valence-electron chi connectivity index (χ2n) is 5.31. The molecule has 1 saturated carbocycles. The highest BCUT2D eigenvalue weighted by molar-refractivity contribution is 5.94. The van der Waals surface area contributed by atoms with Crippen molar-refractivity contribution in [1.82, 2.24) is 4.90 Å². The van der Waals surface area contributed by atoms with E-state index in [-0.39, 0.29) is 18.2 Å². The lowest BCUT2D eigenvalue weighted by Crippen LogP contribution is -2.33. The monoisotopic (exact) mass is 304 g/mol. The molecule has 0 spiro atoms. The summed E-state index contributed by atoms with van der Waals surface area (Å²) in [5, 5.41) is 2.73. The van der Waals surface area contributed by atoms with Crippen molar-refractivity contribution in [3.8, 4) is 0 Å². The molecule has 1 fully saturated rings. The average Bonchev–Trinajstić information content (AvgIpc) is 3.31. The lowest BCUT2D eigenvalue weighted by atomic mass is 10.2. The van der Waals surface area contributed by atoms with Crippen LogP contribution >= 0.6 is 0 Å². The van der Waals surface area contributed by atoms with Crippen molar-refractivity contribution in [2.75, 3.05) is 19.0 Å². The molecule has 0 heterocycles. The summed E-state index contributed by atoms with van der Waals surface area (Å²) in [5.41, 5.74) is 0.914. The Balaban J connectivity index is 1.89. The SMILES string of the molecule is COC(=O)c1cccc(NC(=O)CCN(C(C)=O)C2CC2)c1. The number of amides is 2. The molecule has 1 aliphatic rings. The minimum atomic E-state index is -0.451. The van der Waals surface area contributed by atoms with E-state index in [1.54, 1.807) is 29.2 Å². The summed E-state index contributed by atoms with van der Waals surface area (Å²) in [5.74, 6) is -0.635. The summed E-state index contributed by atoms with van der Waals surface area (Å²) in [6.07, 6.45) is 2.27. The highest BCUT2D eigenvalue weighted by Gasteiger charge is 2.30. The van der Waals surface area contributed by atoms with Crippen molar-refractivity contribution in [3.63, 3.8) is 0 Å². The Bertz CT molecular complexity index is 581. The molecule has 0 bridgehead atoms. The van der Waals surface area contributed by atoms with E-state index in [1.807, 2.05) is 0 Å². The molecule has 2 rings (SSSR count). The van der Waals surface area contributed by atoms with E-state index in [0.717, 1.165) is 12.8 Å². The summed E-state index contributed by atoms with van der Waals surface area (Å²) in [7, 11) is 1.31. The van der Waals surface area contributed by atoms with Gasteiger partial charge < -0.3 is 15.0 Å².